The summed E-state index contributed by atoms with van der Waals surface area (Å²) in [5.74, 6) is -1.12. The van der Waals surface area contributed by atoms with Gasteiger partial charge in [0.25, 0.3) is 5.91 Å². The molecular weight excluding hydrogens is 512 g/mol. The van der Waals surface area contributed by atoms with Gasteiger partial charge in [0, 0.05) is 18.8 Å². The highest BCUT2D eigenvalue weighted by Crippen LogP contribution is 2.32. The van der Waals surface area contributed by atoms with Crippen LogP contribution in [0.15, 0.2) is 72.9 Å². The third-order valence-corrected chi connectivity index (χ3v) is 6.49. The molecule has 0 saturated heterocycles. The lowest BCUT2D eigenvalue weighted by molar-refractivity contribution is -0.141. The fraction of sp³-hybridized carbons (Fsp3) is 0.250. The Morgan fingerprint density at radius 3 is 2.59 bits per heavy atom. The van der Waals surface area contributed by atoms with Crippen molar-refractivity contribution in [3.8, 4) is 5.69 Å². The van der Waals surface area contributed by atoms with Crippen molar-refractivity contribution in [2.75, 3.05) is 11.9 Å². The van der Waals surface area contributed by atoms with Crippen LogP contribution in [0.1, 0.15) is 51.9 Å². The molecule has 5 rings (SSSR count). The van der Waals surface area contributed by atoms with E-state index in [1.165, 1.54) is 24.3 Å². The van der Waals surface area contributed by atoms with E-state index in [0.29, 0.717) is 23.1 Å². The zero-order chi connectivity index (χ0) is 27.6. The van der Waals surface area contributed by atoms with Gasteiger partial charge in [-0.15, -0.1) is 0 Å². The van der Waals surface area contributed by atoms with Crippen LogP contribution in [0, 0.1) is 11.7 Å². The van der Waals surface area contributed by atoms with Crippen molar-refractivity contribution in [1.29, 1.82) is 0 Å². The SMILES string of the molecule is NCc1cccc(-n2nc(C(F)(F)F)cc2C(=O)Nc2cc(C(NCC3CC3)c3ccccn3)ccc2F)c1. The molecule has 202 valence electrons. The molecular formula is C28H26F4N6O. The minimum absolute atomic E-state index is 0.146. The number of nitrogens with two attached hydrogens (primary N) is 1. The Labute approximate surface area is 222 Å². The molecule has 2 aromatic heterocycles. The molecule has 1 unspecified atom stereocenters. The number of benzene rings is 2. The maximum Gasteiger partial charge on any atom is 0.435 e. The minimum Gasteiger partial charge on any atom is -0.326 e. The summed E-state index contributed by atoms with van der Waals surface area (Å²) in [6.07, 6.45) is -0.866. The van der Waals surface area contributed by atoms with E-state index in [0.717, 1.165) is 29.8 Å². The Balaban J connectivity index is 1.48. The summed E-state index contributed by atoms with van der Waals surface area (Å²) < 4.78 is 56.4. The molecule has 0 aliphatic heterocycles. The van der Waals surface area contributed by atoms with E-state index in [1.807, 2.05) is 12.1 Å². The molecule has 2 aromatic carbocycles. The number of aromatic nitrogens is 3. The molecule has 1 amide bonds. The van der Waals surface area contributed by atoms with Gasteiger partial charge in [-0.1, -0.05) is 24.3 Å². The number of anilines is 1. The van der Waals surface area contributed by atoms with E-state index in [1.54, 1.807) is 30.5 Å². The van der Waals surface area contributed by atoms with Crippen LogP contribution in [0.25, 0.3) is 5.69 Å². The van der Waals surface area contributed by atoms with Crippen molar-refractivity contribution in [3.05, 3.63) is 107 Å². The van der Waals surface area contributed by atoms with Gasteiger partial charge in [0.1, 0.15) is 11.5 Å². The highest BCUT2D eigenvalue weighted by atomic mass is 19.4. The van der Waals surface area contributed by atoms with Crippen LogP contribution in [-0.4, -0.2) is 27.2 Å². The van der Waals surface area contributed by atoms with Crippen LogP contribution in [-0.2, 0) is 12.7 Å². The Morgan fingerprint density at radius 1 is 1.08 bits per heavy atom. The number of carbonyl (C=O) groups excluding carboxylic acids is 1. The average molecular weight is 539 g/mol. The lowest BCUT2D eigenvalue weighted by atomic mass is 10.0. The standard InChI is InChI=1S/C28H26F4N6O/c29-21-10-9-19(26(35-16-17-7-8-17)22-6-1-2-11-34-22)13-23(21)36-27(39)24-14-25(28(30,31)32)37-38(24)20-5-3-4-18(12-20)15-33/h1-6,9-14,17,26,35H,7-8,15-16,33H2,(H,36,39). The second-order valence-corrected chi connectivity index (χ2v) is 9.43. The molecule has 7 nitrogen and oxygen atoms in total. The average Bonchev–Trinajstić information content (AvgIpc) is 3.64. The normalized spacial score (nSPS) is 14.3. The number of hydrogen-bond acceptors (Lipinski definition) is 5. The Bertz CT molecular complexity index is 1470. The van der Waals surface area contributed by atoms with E-state index in [-0.39, 0.29) is 24.0 Å². The van der Waals surface area contributed by atoms with Gasteiger partial charge >= 0.3 is 6.18 Å². The summed E-state index contributed by atoms with van der Waals surface area (Å²) in [6.45, 7) is 0.897. The molecule has 1 aliphatic carbocycles. The number of alkyl halides is 3. The molecule has 1 aliphatic rings. The molecule has 4 N–H and O–H groups in total. The summed E-state index contributed by atoms with van der Waals surface area (Å²) in [7, 11) is 0. The van der Waals surface area contributed by atoms with Gasteiger partial charge in [0.2, 0.25) is 0 Å². The lowest BCUT2D eigenvalue weighted by Gasteiger charge is -2.20. The highest BCUT2D eigenvalue weighted by Gasteiger charge is 2.36. The first kappa shape index (κ1) is 26.5. The van der Waals surface area contributed by atoms with Crippen molar-refractivity contribution in [3.63, 3.8) is 0 Å². The van der Waals surface area contributed by atoms with E-state index >= 15 is 0 Å². The van der Waals surface area contributed by atoms with Crippen molar-refractivity contribution in [2.45, 2.75) is 31.6 Å². The van der Waals surface area contributed by atoms with Crippen molar-refractivity contribution < 1.29 is 22.4 Å². The summed E-state index contributed by atoms with van der Waals surface area (Å²) in [4.78, 5) is 17.7. The first-order valence-electron chi connectivity index (χ1n) is 12.4. The summed E-state index contributed by atoms with van der Waals surface area (Å²) in [5, 5.41) is 9.52. The first-order valence-corrected chi connectivity index (χ1v) is 12.4. The van der Waals surface area contributed by atoms with Crippen LogP contribution in [0.4, 0.5) is 23.2 Å². The van der Waals surface area contributed by atoms with E-state index in [4.69, 9.17) is 5.73 Å². The molecule has 2 heterocycles. The third kappa shape index (κ3) is 6.15. The Hall–Kier alpha value is -4.09. The molecule has 11 heteroatoms. The zero-order valence-corrected chi connectivity index (χ0v) is 20.8. The smallest absolute Gasteiger partial charge is 0.326 e. The number of rotatable bonds is 9. The minimum atomic E-state index is -4.79. The molecule has 0 bridgehead atoms. The maximum absolute atomic E-state index is 14.9. The van der Waals surface area contributed by atoms with Crippen LogP contribution < -0.4 is 16.4 Å². The number of nitrogens with one attached hydrogen (secondary N) is 2. The monoisotopic (exact) mass is 538 g/mol. The second-order valence-electron chi connectivity index (χ2n) is 9.43. The first-order chi connectivity index (χ1) is 18.7. The largest absolute Gasteiger partial charge is 0.435 e. The van der Waals surface area contributed by atoms with Gasteiger partial charge in [-0.2, -0.15) is 18.3 Å². The van der Waals surface area contributed by atoms with Crippen molar-refractivity contribution in [1.82, 2.24) is 20.1 Å². The summed E-state index contributed by atoms with van der Waals surface area (Å²) in [5.41, 5.74) is 6.05. The molecule has 0 spiro atoms. The van der Waals surface area contributed by atoms with Crippen molar-refractivity contribution in [2.24, 2.45) is 11.7 Å². The Morgan fingerprint density at radius 2 is 1.90 bits per heavy atom. The summed E-state index contributed by atoms with van der Waals surface area (Å²) >= 11 is 0. The van der Waals surface area contributed by atoms with Gasteiger partial charge in [0.05, 0.1) is 23.1 Å². The van der Waals surface area contributed by atoms with Gasteiger partial charge < -0.3 is 16.4 Å². The molecule has 1 fully saturated rings. The van der Waals surface area contributed by atoms with Gasteiger partial charge in [-0.3, -0.25) is 9.78 Å². The number of hydrogen-bond donors (Lipinski definition) is 3. The maximum atomic E-state index is 14.9. The van der Waals surface area contributed by atoms with E-state index in [9.17, 15) is 22.4 Å². The highest BCUT2D eigenvalue weighted by molar-refractivity contribution is 6.03. The second kappa shape index (κ2) is 11.0. The number of nitrogens with zero attached hydrogens (tertiary/aromatic N) is 3. The zero-order valence-electron chi connectivity index (χ0n) is 20.8. The lowest BCUT2D eigenvalue weighted by Crippen LogP contribution is -2.25. The number of amides is 1. The Kier molecular flexibility index (Phi) is 7.45. The number of halogens is 4. The number of pyridine rings is 1. The molecule has 4 aromatic rings. The molecule has 1 saturated carbocycles. The van der Waals surface area contributed by atoms with E-state index in [2.05, 4.69) is 20.7 Å². The van der Waals surface area contributed by atoms with E-state index < -0.39 is 29.3 Å². The van der Waals surface area contributed by atoms with Crippen LogP contribution in [0.3, 0.4) is 0 Å². The van der Waals surface area contributed by atoms with Crippen LogP contribution >= 0.6 is 0 Å². The topological polar surface area (TPSA) is 97.9 Å². The molecule has 39 heavy (non-hydrogen) atoms. The predicted molar refractivity (Wildman–Crippen MR) is 138 cm³/mol. The fourth-order valence-electron chi connectivity index (χ4n) is 4.24. The fourth-order valence-corrected chi connectivity index (χ4v) is 4.24. The van der Waals surface area contributed by atoms with Crippen molar-refractivity contribution >= 4 is 11.6 Å². The summed E-state index contributed by atoms with van der Waals surface area (Å²) in [6, 6.07) is 16.4. The van der Waals surface area contributed by atoms with Crippen LogP contribution in [0.5, 0.6) is 0 Å². The van der Waals surface area contributed by atoms with Crippen LogP contribution in [0.2, 0.25) is 0 Å². The van der Waals surface area contributed by atoms with Gasteiger partial charge in [-0.25, -0.2) is 9.07 Å². The number of carbonyl (C=O) groups is 1. The predicted octanol–water partition coefficient (Wildman–Crippen LogP) is 5.23. The van der Waals surface area contributed by atoms with Gasteiger partial charge in [-0.05, 0) is 72.8 Å². The molecule has 0 radical (unpaired) electrons. The van der Waals surface area contributed by atoms with Gasteiger partial charge in [0.15, 0.2) is 5.69 Å². The quantitative estimate of drug-likeness (QED) is 0.254. The third-order valence-electron chi connectivity index (χ3n) is 6.49. The molecule has 1 atom stereocenters.